The number of aryl methyl sites for hydroxylation is 2. The van der Waals surface area contributed by atoms with E-state index >= 15 is 0 Å². The maximum absolute atomic E-state index is 12.9. The maximum atomic E-state index is 12.9. The number of sulfonamides is 1. The molecule has 0 saturated heterocycles. The van der Waals surface area contributed by atoms with Crippen LogP contribution in [0.4, 0.5) is 13.2 Å². The molecule has 29 heavy (non-hydrogen) atoms. The Morgan fingerprint density at radius 3 is 2.55 bits per heavy atom. The minimum absolute atomic E-state index is 0.115. The van der Waals surface area contributed by atoms with Crippen LogP contribution in [0.5, 0.6) is 0 Å². The van der Waals surface area contributed by atoms with Gasteiger partial charge in [-0.2, -0.15) is 23.2 Å². The van der Waals surface area contributed by atoms with Gasteiger partial charge in [-0.1, -0.05) is 18.2 Å². The first-order valence-electron chi connectivity index (χ1n) is 8.51. The Morgan fingerprint density at radius 2 is 1.93 bits per heavy atom. The van der Waals surface area contributed by atoms with Gasteiger partial charge >= 0.3 is 6.18 Å². The molecule has 0 radical (unpaired) electrons. The third-order valence-corrected chi connectivity index (χ3v) is 6.13. The highest BCUT2D eigenvalue weighted by atomic mass is 32.2. The van der Waals surface area contributed by atoms with E-state index < -0.39 is 22.2 Å². The van der Waals surface area contributed by atoms with Crippen LogP contribution in [0.25, 0.3) is 22.3 Å². The van der Waals surface area contributed by atoms with E-state index in [1.807, 2.05) is 0 Å². The van der Waals surface area contributed by atoms with Crippen LogP contribution >= 0.6 is 0 Å². The number of nitriles is 1. The Hall–Kier alpha value is -2.90. The third kappa shape index (κ3) is 3.71. The number of halogens is 3. The van der Waals surface area contributed by atoms with Crippen LogP contribution in [0, 0.1) is 18.3 Å². The van der Waals surface area contributed by atoms with E-state index in [4.69, 9.17) is 0 Å². The molecule has 0 fully saturated rings. The molecule has 1 N–H and O–H groups in total. The number of nitrogens with one attached hydrogen (secondary N) is 1. The van der Waals surface area contributed by atoms with Crippen LogP contribution in [0.2, 0.25) is 0 Å². The summed E-state index contributed by atoms with van der Waals surface area (Å²) in [6.07, 6.45) is -3.12. The topological polar surface area (TPSA) is 87.8 Å². The number of pyridine rings is 1. The summed E-state index contributed by atoms with van der Waals surface area (Å²) in [4.78, 5) is 3.95. The molecule has 1 aromatic carbocycles. The Bertz CT molecular complexity index is 1240. The van der Waals surface area contributed by atoms with E-state index in [0.717, 1.165) is 12.5 Å². The first-order valence-corrected chi connectivity index (χ1v) is 9.99. The zero-order valence-corrected chi connectivity index (χ0v) is 16.6. The van der Waals surface area contributed by atoms with E-state index in [0.29, 0.717) is 11.0 Å². The standard InChI is InChI=1S/C19H17F3N4O2S/c1-11-8-14-15(9-23)17(26(3)18(14)24-10-11)13-6-4-5-7-16(13)29(27,28)25-12(2)19(20,21)22/h4-8,10,12,25H,1-3H3/t12-/m0/s1. The molecule has 0 saturated carbocycles. The number of rotatable bonds is 4. The molecule has 152 valence electrons. The highest BCUT2D eigenvalue weighted by Gasteiger charge is 2.39. The van der Waals surface area contributed by atoms with E-state index in [9.17, 15) is 26.9 Å². The number of alkyl halides is 3. The predicted molar refractivity (Wildman–Crippen MR) is 101 cm³/mol. The van der Waals surface area contributed by atoms with Crippen molar-refractivity contribution >= 4 is 21.1 Å². The molecule has 10 heteroatoms. The number of hydrogen-bond donors (Lipinski definition) is 1. The van der Waals surface area contributed by atoms with E-state index in [-0.39, 0.29) is 21.7 Å². The van der Waals surface area contributed by atoms with Gasteiger partial charge in [0.25, 0.3) is 0 Å². The summed E-state index contributed by atoms with van der Waals surface area (Å²) in [5, 5.41) is 10.3. The fourth-order valence-electron chi connectivity index (χ4n) is 3.10. The second-order valence-corrected chi connectivity index (χ2v) is 8.34. The van der Waals surface area contributed by atoms with Gasteiger partial charge in [-0.25, -0.2) is 13.4 Å². The number of fused-ring (bicyclic) bond motifs is 1. The van der Waals surface area contributed by atoms with E-state index in [1.165, 1.54) is 18.2 Å². The Kier molecular flexibility index (Phi) is 5.15. The summed E-state index contributed by atoms with van der Waals surface area (Å²) in [5.41, 5.74) is 1.86. The molecule has 0 aliphatic rings. The summed E-state index contributed by atoms with van der Waals surface area (Å²) in [6.45, 7) is 2.53. The van der Waals surface area contributed by atoms with Crippen molar-refractivity contribution < 1.29 is 21.6 Å². The molecule has 3 aromatic rings. The summed E-state index contributed by atoms with van der Waals surface area (Å²) in [6, 6.07) is 7.18. The summed E-state index contributed by atoms with van der Waals surface area (Å²) >= 11 is 0. The maximum Gasteiger partial charge on any atom is 0.404 e. The summed E-state index contributed by atoms with van der Waals surface area (Å²) in [7, 11) is -2.90. The molecule has 0 bridgehead atoms. The van der Waals surface area contributed by atoms with Gasteiger partial charge in [0.05, 0.1) is 16.2 Å². The van der Waals surface area contributed by atoms with Gasteiger partial charge in [-0.15, -0.1) is 0 Å². The molecule has 0 amide bonds. The lowest BCUT2D eigenvalue weighted by Crippen LogP contribution is -2.43. The van der Waals surface area contributed by atoms with Crippen molar-refractivity contribution in [3.05, 3.63) is 47.7 Å². The molecule has 3 rings (SSSR count). The average Bonchev–Trinajstić information content (AvgIpc) is 2.91. The molecule has 0 aliphatic carbocycles. The molecule has 1 atom stereocenters. The van der Waals surface area contributed by atoms with E-state index in [2.05, 4.69) is 11.1 Å². The number of aromatic nitrogens is 2. The first-order chi connectivity index (χ1) is 13.5. The van der Waals surface area contributed by atoms with Gasteiger partial charge in [-0.05, 0) is 31.5 Å². The fraction of sp³-hybridized carbons (Fsp3) is 0.263. The summed E-state index contributed by atoms with van der Waals surface area (Å²) < 4.78 is 67.4. The molecule has 0 unspecified atom stereocenters. The van der Waals surface area contributed by atoms with E-state index in [1.54, 1.807) is 41.6 Å². The van der Waals surface area contributed by atoms with Crippen LogP contribution in [0.3, 0.4) is 0 Å². The number of benzene rings is 1. The van der Waals surface area contributed by atoms with Crippen molar-refractivity contribution in [3.63, 3.8) is 0 Å². The molecular formula is C19H17F3N4O2S. The minimum atomic E-state index is -4.74. The third-order valence-electron chi connectivity index (χ3n) is 4.53. The first kappa shape index (κ1) is 20.8. The largest absolute Gasteiger partial charge is 0.404 e. The Morgan fingerprint density at radius 1 is 1.28 bits per heavy atom. The second-order valence-electron chi connectivity index (χ2n) is 6.66. The lowest BCUT2D eigenvalue weighted by Gasteiger charge is -2.19. The molecular weight excluding hydrogens is 405 g/mol. The van der Waals surface area contributed by atoms with Crippen LogP contribution in [-0.4, -0.2) is 30.2 Å². The predicted octanol–water partition coefficient (Wildman–Crippen LogP) is 3.65. The van der Waals surface area contributed by atoms with Gasteiger partial charge < -0.3 is 4.57 Å². The zero-order valence-electron chi connectivity index (χ0n) is 15.7. The van der Waals surface area contributed by atoms with Crippen LogP contribution < -0.4 is 4.72 Å². The Balaban J connectivity index is 2.26. The number of nitrogens with zero attached hydrogens (tertiary/aromatic N) is 3. The Labute approximate surface area is 165 Å². The highest BCUT2D eigenvalue weighted by molar-refractivity contribution is 7.89. The zero-order chi connectivity index (χ0) is 21.6. The van der Waals surface area contributed by atoms with Crippen molar-refractivity contribution in [2.45, 2.75) is 31.0 Å². The molecule has 2 aromatic heterocycles. The monoisotopic (exact) mass is 422 g/mol. The van der Waals surface area contributed by atoms with Gasteiger partial charge in [0, 0.05) is 24.2 Å². The second kappa shape index (κ2) is 7.17. The molecule has 0 aliphatic heterocycles. The van der Waals surface area contributed by atoms with Crippen molar-refractivity contribution in [3.8, 4) is 17.3 Å². The fourth-order valence-corrected chi connectivity index (χ4v) is 4.54. The SMILES string of the molecule is Cc1cnc2c(c1)c(C#N)c(-c1ccccc1S(=O)(=O)N[C@@H](C)C(F)(F)F)n2C. The molecule has 0 spiro atoms. The highest BCUT2D eigenvalue weighted by Crippen LogP contribution is 2.36. The van der Waals surface area contributed by atoms with Crippen molar-refractivity contribution in [1.29, 1.82) is 5.26 Å². The van der Waals surface area contributed by atoms with Crippen molar-refractivity contribution in [1.82, 2.24) is 14.3 Å². The van der Waals surface area contributed by atoms with Crippen LogP contribution in [0.1, 0.15) is 18.1 Å². The molecule has 6 nitrogen and oxygen atoms in total. The average molecular weight is 422 g/mol. The van der Waals surface area contributed by atoms with Gasteiger partial charge in [0.2, 0.25) is 10.0 Å². The minimum Gasteiger partial charge on any atom is -0.327 e. The number of hydrogen-bond acceptors (Lipinski definition) is 4. The van der Waals surface area contributed by atoms with Gasteiger partial charge in [-0.3, -0.25) is 0 Å². The van der Waals surface area contributed by atoms with Crippen LogP contribution in [-0.2, 0) is 17.1 Å². The normalized spacial score (nSPS) is 13.4. The quantitative estimate of drug-likeness (QED) is 0.695. The smallest absolute Gasteiger partial charge is 0.327 e. The van der Waals surface area contributed by atoms with Gasteiger partial charge in [0.1, 0.15) is 17.8 Å². The van der Waals surface area contributed by atoms with Crippen molar-refractivity contribution in [2.24, 2.45) is 7.05 Å². The lowest BCUT2D eigenvalue weighted by atomic mass is 10.1. The summed E-state index contributed by atoms with van der Waals surface area (Å²) in [5.74, 6) is 0. The van der Waals surface area contributed by atoms with Gasteiger partial charge in [0.15, 0.2) is 0 Å². The lowest BCUT2D eigenvalue weighted by molar-refractivity contribution is -0.147. The molecule has 2 heterocycles. The van der Waals surface area contributed by atoms with Crippen LogP contribution in [0.15, 0.2) is 41.4 Å². The van der Waals surface area contributed by atoms with Crippen molar-refractivity contribution in [2.75, 3.05) is 0 Å².